The second kappa shape index (κ2) is 6.06. The minimum atomic E-state index is -4.52. The molecule has 0 aliphatic rings. The molecule has 2 aromatic heterocycles. The van der Waals surface area contributed by atoms with Crippen LogP contribution >= 0.6 is 0 Å². The molecule has 1 aromatic carbocycles. The number of terminal acetylenes is 1. The number of hydrogen-bond donors (Lipinski definition) is 0. The van der Waals surface area contributed by atoms with Crippen LogP contribution in [0, 0.1) is 19.3 Å². The molecular weight excluding hydrogens is 331 g/mol. The van der Waals surface area contributed by atoms with Gasteiger partial charge in [-0.15, -0.1) is 6.42 Å². The van der Waals surface area contributed by atoms with Gasteiger partial charge in [0, 0.05) is 11.6 Å². The molecule has 0 saturated carbocycles. The van der Waals surface area contributed by atoms with Crippen LogP contribution in [-0.2, 0) is 12.7 Å². The smallest absolute Gasteiger partial charge is 0.287 e. The summed E-state index contributed by atoms with van der Waals surface area (Å²) in [6, 6.07) is 6.56. The number of nitrogens with zero attached hydrogens (tertiary/aromatic N) is 3. The number of pyridine rings is 1. The Balaban J connectivity index is 2.27. The van der Waals surface area contributed by atoms with Crippen molar-refractivity contribution in [2.24, 2.45) is 0 Å². The van der Waals surface area contributed by atoms with E-state index < -0.39 is 17.3 Å². The van der Waals surface area contributed by atoms with E-state index in [2.05, 4.69) is 15.9 Å². The van der Waals surface area contributed by atoms with Crippen molar-refractivity contribution in [2.45, 2.75) is 19.6 Å². The highest BCUT2D eigenvalue weighted by Crippen LogP contribution is 2.32. The summed E-state index contributed by atoms with van der Waals surface area (Å²) >= 11 is 0. The summed E-state index contributed by atoms with van der Waals surface area (Å²) in [7, 11) is 0. The summed E-state index contributed by atoms with van der Waals surface area (Å²) in [6.07, 6.45) is 2.32. The molecule has 0 saturated heterocycles. The van der Waals surface area contributed by atoms with Gasteiger partial charge in [-0.1, -0.05) is 24.1 Å². The average Bonchev–Trinajstić information content (AvgIpc) is 2.57. The lowest BCUT2D eigenvalue weighted by Gasteiger charge is -2.15. The van der Waals surface area contributed by atoms with Gasteiger partial charge in [0.05, 0.1) is 17.7 Å². The number of aryl methyl sites for hydroxylation is 1. The van der Waals surface area contributed by atoms with Crippen molar-refractivity contribution in [2.75, 3.05) is 0 Å². The average molecular weight is 343 g/mol. The molecule has 4 nitrogen and oxygen atoms in total. The Bertz CT molecular complexity index is 1060. The van der Waals surface area contributed by atoms with Crippen LogP contribution in [0.15, 0.2) is 41.3 Å². The highest BCUT2D eigenvalue weighted by Gasteiger charge is 2.33. The third kappa shape index (κ3) is 3.11. The van der Waals surface area contributed by atoms with Gasteiger partial charge in [0.15, 0.2) is 0 Å². The summed E-state index contributed by atoms with van der Waals surface area (Å²) in [6.45, 7) is 1.34. The minimum absolute atomic E-state index is 0.0381. The summed E-state index contributed by atoms with van der Waals surface area (Å²) < 4.78 is 40.8. The zero-order chi connectivity index (χ0) is 18.2. The Morgan fingerprint density at radius 3 is 2.68 bits per heavy atom. The largest absolute Gasteiger partial charge is 0.416 e. The van der Waals surface area contributed by atoms with Crippen molar-refractivity contribution in [3.63, 3.8) is 0 Å². The van der Waals surface area contributed by atoms with Crippen molar-refractivity contribution in [3.8, 4) is 12.3 Å². The zero-order valence-electron chi connectivity index (χ0n) is 13.1. The molecule has 126 valence electrons. The minimum Gasteiger partial charge on any atom is -0.287 e. The molecule has 0 bridgehead atoms. The first-order valence-corrected chi connectivity index (χ1v) is 7.30. The van der Waals surface area contributed by atoms with Gasteiger partial charge in [-0.05, 0) is 24.6 Å². The Hall–Kier alpha value is -3.14. The fourth-order valence-electron chi connectivity index (χ4n) is 2.60. The molecule has 3 aromatic rings. The number of rotatable bonds is 2. The number of fused-ring (bicyclic) bond motifs is 1. The Morgan fingerprint density at radius 1 is 1.28 bits per heavy atom. The number of halogens is 3. The van der Waals surface area contributed by atoms with Crippen molar-refractivity contribution in [1.29, 1.82) is 0 Å². The maximum absolute atomic E-state index is 13.2. The Morgan fingerprint density at radius 2 is 2.00 bits per heavy atom. The summed E-state index contributed by atoms with van der Waals surface area (Å²) in [5, 5.41) is 0.489. The van der Waals surface area contributed by atoms with Crippen molar-refractivity contribution >= 4 is 11.0 Å². The van der Waals surface area contributed by atoms with Gasteiger partial charge in [-0.2, -0.15) is 13.2 Å². The number of hydrogen-bond acceptors (Lipinski definition) is 3. The Labute approximate surface area is 141 Å². The van der Waals surface area contributed by atoms with E-state index in [-0.39, 0.29) is 23.3 Å². The molecule has 0 spiro atoms. The van der Waals surface area contributed by atoms with Crippen LogP contribution in [0.2, 0.25) is 0 Å². The first-order chi connectivity index (χ1) is 11.8. The summed E-state index contributed by atoms with van der Waals surface area (Å²) in [4.78, 5) is 20.8. The van der Waals surface area contributed by atoms with Gasteiger partial charge in [0.2, 0.25) is 0 Å². The van der Waals surface area contributed by atoms with Gasteiger partial charge in [0.1, 0.15) is 11.5 Å². The molecule has 25 heavy (non-hydrogen) atoms. The van der Waals surface area contributed by atoms with E-state index in [1.165, 1.54) is 30.5 Å². The van der Waals surface area contributed by atoms with Gasteiger partial charge >= 0.3 is 6.18 Å². The molecule has 0 unspecified atom stereocenters. The molecule has 0 aliphatic carbocycles. The van der Waals surface area contributed by atoms with Crippen LogP contribution in [0.25, 0.3) is 11.0 Å². The van der Waals surface area contributed by atoms with E-state index in [1.807, 2.05) is 0 Å². The second-order valence-electron chi connectivity index (χ2n) is 5.44. The maximum atomic E-state index is 13.2. The van der Waals surface area contributed by atoms with Crippen LogP contribution in [0.5, 0.6) is 0 Å². The lowest BCUT2D eigenvalue weighted by atomic mass is 10.1. The van der Waals surface area contributed by atoms with E-state index >= 15 is 0 Å². The lowest BCUT2D eigenvalue weighted by Crippen LogP contribution is -2.25. The van der Waals surface area contributed by atoms with E-state index in [0.717, 1.165) is 10.6 Å². The molecular formula is C18H12F3N3O. The first kappa shape index (κ1) is 16.7. The van der Waals surface area contributed by atoms with Gasteiger partial charge in [-0.3, -0.25) is 9.36 Å². The SMILES string of the molecule is C#Cc1cc2cnc(C)nc2n(Cc2ccccc2C(F)(F)F)c1=O. The monoisotopic (exact) mass is 343 g/mol. The lowest BCUT2D eigenvalue weighted by molar-refractivity contribution is -0.138. The number of aromatic nitrogens is 3. The molecule has 2 heterocycles. The molecule has 0 aliphatic heterocycles. The van der Waals surface area contributed by atoms with Crippen LogP contribution in [0.3, 0.4) is 0 Å². The van der Waals surface area contributed by atoms with Crippen molar-refractivity contribution in [3.05, 3.63) is 69.4 Å². The maximum Gasteiger partial charge on any atom is 0.416 e. The van der Waals surface area contributed by atoms with Crippen LogP contribution in [0.1, 0.15) is 22.5 Å². The van der Waals surface area contributed by atoms with Crippen molar-refractivity contribution in [1.82, 2.24) is 14.5 Å². The summed E-state index contributed by atoms with van der Waals surface area (Å²) in [5.74, 6) is 2.66. The van der Waals surface area contributed by atoms with Crippen molar-refractivity contribution < 1.29 is 13.2 Å². The van der Waals surface area contributed by atoms with Crippen LogP contribution in [-0.4, -0.2) is 14.5 Å². The number of benzene rings is 1. The topological polar surface area (TPSA) is 47.8 Å². The number of alkyl halides is 3. The zero-order valence-corrected chi connectivity index (χ0v) is 13.1. The fraction of sp³-hybridized carbons (Fsp3) is 0.167. The third-order valence-corrected chi connectivity index (χ3v) is 3.75. The molecule has 3 rings (SSSR count). The van der Waals surface area contributed by atoms with E-state index in [9.17, 15) is 18.0 Å². The van der Waals surface area contributed by atoms with Gasteiger partial charge < -0.3 is 0 Å². The third-order valence-electron chi connectivity index (χ3n) is 3.75. The molecule has 7 heteroatoms. The van der Waals surface area contributed by atoms with E-state index in [0.29, 0.717) is 11.2 Å². The fourth-order valence-corrected chi connectivity index (χ4v) is 2.60. The van der Waals surface area contributed by atoms with E-state index in [4.69, 9.17) is 6.42 Å². The molecule has 0 N–H and O–H groups in total. The highest BCUT2D eigenvalue weighted by molar-refractivity contribution is 5.75. The second-order valence-corrected chi connectivity index (χ2v) is 5.44. The normalized spacial score (nSPS) is 11.5. The summed E-state index contributed by atoms with van der Waals surface area (Å²) in [5.41, 5.74) is -1.11. The standard InChI is InChI=1S/C18H12F3N3O/c1-3-12-8-14-9-22-11(2)23-16(14)24(17(12)25)10-13-6-4-5-7-15(13)18(19,20)21/h1,4-9H,10H2,2H3. The van der Waals surface area contributed by atoms with E-state index in [1.54, 1.807) is 6.92 Å². The molecule has 0 fully saturated rings. The molecule has 0 amide bonds. The molecule has 0 atom stereocenters. The van der Waals surface area contributed by atoms with Gasteiger partial charge in [-0.25, -0.2) is 9.97 Å². The highest BCUT2D eigenvalue weighted by atomic mass is 19.4. The van der Waals surface area contributed by atoms with Gasteiger partial charge in [0.25, 0.3) is 5.56 Å². The predicted molar refractivity (Wildman–Crippen MR) is 87.0 cm³/mol. The predicted octanol–water partition coefficient (Wildman–Crippen LogP) is 3.15. The molecule has 0 radical (unpaired) electrons. The van der Waals surface area contributed by atoms with Crippen LogP contribution in [0.4, 0.5) is 13.2 Å². The van der Waals surface area contributed by atoms with Crippen LogP contribution < -0.4 is 5.56 Å². The Kier molecular flexibility index (Phi) is 4.05. The quantitative estimate of drug-likeness (QED) is 0.672. The first-order valence-electron chi connectivity index (χ1n) is 7.30.